The van der Waals surface area contributed by atoms with Crippen molar-refractivity contribution < 1.29 is 22.7 Å². The Kier molecular flexibility index (Phi) is 6.37. The standard InChI is InChI=1S/C15H22N2O5S/c1-21-10-8-16-23(19,20)14-7-9-17(11-14)15(18)22-12-13-5-3-2-4-6-13/h2-6,14,16H,7-12H2,1H3/t14-/m1/s1. The molecule has 0 spiro atoms. The molecule has 1 aromatic carbocycles. The van der Waals surface area contributed by atoms with Crippen molar-refractivity contribution >= 4 is 16.1 Å². The van der Waals surface area contributed by atoms with Gasteiger partial charge in [-0.25, -0.2) is 17.9 Å². The average Bonchev–Trinajstić information content (AvgIpc) is 3.05. The summed E-state index contributed by atoms with van der Waals surface area (Å²) in [6.45, 7) is 1.25. The van der Waals surface area contributed by atoms with E-state index in [1.54, 1.807) is 0 Å². The first-order valence-electron chi connectivity index (χ1n) is 7.46. The van der Waals surface area contributed by atoms with E-state index in [0.717, 1.165) is 5.56 Å². The van der Waals surface area contributed by atoms with E-state index in [9.17, 15) is 13.2 Å². The molecule has 1 fully saturated rings. The first-order valence-corrected chi connectivity index (χ1v) is 9.00. The lowest BCUT2D eigenvalue weighted by molar-refractivity contribution is 0.104. The Balaban J connectivity index is 1.81. The molecule has 8 heteroatoms. The molecule has 1 amide bonds. The molecular weight excluding hydrogens is 320 g/mol. The fraction of sp³-hybridized carbons (Fsp3) is 0.533. The Morgan fingerprint density at radius 1 is 1.35 bits per heavy atom. The maximum atomic E-state index is 12.1. The maximum Gasteiger partial charge on any atom is 0.410 e. The Labute approximate surface area is 136 Å². The van der Waals surface area contributed by atoms with E-state index in [4.69, 9.17) is 9.47 Å². The quantitative estimate of drug-likeness (QED) is 0.746. The number of ether oxygens (including phenoxy) is 2. The lowest BCUT2D eigenvalue weighted by Crippen LogP contribution is -2.39. The summed E-state index contributed by atoms with van der Waals surface area (Å²) in [5.41, 5.74) is 0.894. The molecule has 0 unspecified atom stereocenters. The second-order valence-electron chi connectivity index (χ2n) is 5.33. The number of hydrogen-bond donors (Lipinski definition) is 1. The average molecular weight is 342 g/mol. The highest BCUT2D eigenvalue weighted by Crippen LogP contribution is 2.17. The van der Waals surface area contributed by atoms with Gasteiger partial charge in [0.15, 0.2) is 0 Å². The fourth-order valence-electron chi connectivity index (χ4n) is 2.36. The van der Waals surface area contributed by atoms with Gasteiger partial charge in [-0.2, -0.15) is 0 Å². The van der Waals surface area contributed by atoms with E-state index in [-0.39, 0.29) is 19.7 Å². The molecule has 1 aromatic rings. The zero-order valence-electron chi connectivity index (χ0n) is 13.1. The molecule has 0 aliphatic carbocycles. The summed E-state index contributed by atoms with van der Waals surface area (Å²) in [5, 5.41) is -0.608. The van der Waals surface area contributed by atoms with Crippen LogP contribution in [0.4, 0.5) is 4.79 Å². The van der Waals surface area contributed by atoms with Crippen molar-refractivity contribution in [3.8, 4) is 0 Å². The number of methoxy groups -OCH3 is 1. The van der Waals surface area contributed by atoms with Crippen LogP contribution in [0, 0.1) is 0 Å². The van der Waals surface area contributed by atoms with E-state index in [2.05, 4.69) is 4.72 Å². The number of likely N-dealkylation sites (tertiary alicyclic amines) is 1. The Morgan fingerprint density at radius 3 is 2.78 bits per heavy atom. The normalized spacial score (nSPS) is 18.1. The van der Waals surface area contributed by atoms with Crippen molar-refractivity contribution in [3.05, 3.63) is 35.9 Å². The SMILES string of the molecule is COCCNS(=O)(=O)[C@@H]1CCN(C(=O)OCc2ccccc2)C1. The van der Waals surface area contributed by atoms with E-state index >= 15 is 0 Å². The summed E-state index contributed by atoms with van der Waals surface area (Å²) in [4.78, 5) is 13.5. The van der Waals surface area contributed by atoms with Crippen molar-refractivity contribution in [1.29, 1.82) is 0 Å². The molecule has 0 saturated carbocycles. The smallest absolute Gasteiger partial charge is 0.410 e. The first kappa shape index (κ1) is 17.7. The van der Waals surface area contributed by atoms with Crippen LogP contribution in [0.25, 0.3) is 0 Å². The van der Waals surface area contributed by atoms with Gasteiger partial charge in [0, 0.05) is 26.7 Å². The third-order valence-electron chi connectivity index (χ3n) is 3.66. The lowest BCUT2D eigenvalue weighted by Gasteiger charge is -2.17. The number of rotatable bonds is 7. The predicted molar refractivity (Wildman–Crippen MR) is 85.4 cm³/mol. The Morgan fingerprint density at radius 2 is 2.09 bits per heavy atom. The lowest BCUT2D eigenvalue weighted by atomic mass is 10.2. The minimum absolute atomic E-state index is 0.149. The highest BCUT2D eigenvalue weighted by atomic mass is 32.2. The summed E-state index contributed by atoms with van der Waals surface area (Å²) >= 11 is 0. The molecule has 2 rings (SSSR count). The van der Waals surface area contributed by atoms with Crippen LogP contribution >= 0.6 is 0 Å². The zero-order valence-corrected chi connectivity index (χ0v) is 13.9. The number of nitrogens with zero attached hydrogens (tertiary/aromatic N) is 1. The van der Waals surface area contributed by atoms with Gasteiger partial charge in [0.25, 0.3) is 0 Å². The molecule has 1 aliphatic heterocycles. The van der Waals surface area contributed by atoms with Crippen LogP contribution in [0.3, 0.4) is 0 Å². The van der Waals surface area contributed by atoms with Gasteiger partial charge in [0.1, 0.15) is 6.61 Å². The van der Waals surface area contributed by atoms with Crippen LogP contribution in [0.1, 0.15) is 12.0 Å². The number of sulfonamides is 1. The molecule has 1 heterocycles. The van der Waals surface area contributed by atoms with E-state index < -0.39 is 21.4 Å². The summed E-state index contributed by atoms with van der Waals surface area (Å²) in [6, 6.07) is 9.35. The van der Waals surface area contributed by atoms with Gasteiger partial charge in [-0.3, -0.25) is 0 Å². The summed E-state index contributed by atoms with van der Waals surface area (Å²) in [7, 11) is -1.94. The molecule has 1 aliphatic rings. The molecule has 128 valence electrons. The van der Waals surface area contributed by atoms with E-state index in [1.165, 1.54) is 12.0 Å². The second-order valence-corrected chi connectivity index (χ2v) is 7.37. The Hall–Kier alpha value is -1.64. The van der Waals surface area contributed by atoms with E-state index in [1.807, 2.05) is 30.3 Å². The highest BCUT2D eigenvalue weighted by Gasteiger charge is 2.35. The molecular formula is C15H22N2O5S. The highest BCUT2D eigenvalue weighted by molar-refractivity contribution is 7.90. The second kappa shape index (κ2) is 8.28. The van der Waals surface area contributed by atoms with Crippen molar-refractivity contribution in [2.75, 3.05) is 33.4 Å². The molecule has 7 nitrogen and oxygen atoms in total. The molecule has 23 heavy (non-hydrogen) atoms. The van der Waals surface area contributed by atoms with Crippen molar-refractivity contribution in [3.63, 3.8) is 0 Å². The largest absolute Gasteiger partial charge is 0.445 e. The van der Waals surface area contributed by atoms with Crippen molar-refractivity contribution in [2.24, 2.45) is 0 Å². The van der Waals surface area contributed by atoms with Gasteiger partial charge in [-0.1, -0.05) is 30.3 Å². The van der Waals surface area contributed by atoms with Gasteiger partial charge in [0.2, 0.25) is 10.0 Å². The summed E-state index contributed by atoms with van der Waals surface area (Å²) in [6.07, 6.45) is -0.0774. The van der Waals surface area contributed by atoms with Crippen molar-refractivity contribution in [2.45, 2.75) is 18.3 Å². The molecule has 0 aromatic heterocycles. The number of benzene rings is 1. The molecule has 1 saturated heterocycles. The third kappa shape index (κ3) is 5.19. The number of nitrogens with one attached hydrogen (secondary N) is 1. The van der Waals surface area contributed by atoms with Crippen LogP contribution in [0.2, 0.25) is 0 Å². The maximum absolute atomic E-state index is 12.1. The monoisotopic (exact) mass is 342 g/mol. The molecule has 0 bridgehead atoms. The van der Waals surface area contributed by atoms with Gasteiger partial charge in [0.05, 0.1) is 11.9 Å². The summed E-state index contributed by atoms with van der Waals surface area (Å²) in [5.74, 6) is 0. The first-order chi connectivity index (χ1) is 11.0. The topological polar surface area (TPSA) is 84.9 Å². The van der Waals surface area contributed by atoms with E-state index in [0.29, 0.717) is 19.6 Å². The van der Waals surface area contributed by atoms with Crippen LogP contribution < -0.4 is 4.72 Å². The minimum Gasteiger partial charge on any atom is -0.445 e. The zero-order chi connectivity index (χ0) is 16.7. The molecule has 0 radical (unpaired) electrons. The van der Waals surface area contributed by atoms with Crippen molar-refractivity contribution in [1.82, 2.24) is 9.62 Å². The fourth-order valence-corrected chi connectivity index (χ4v) is 3.76. The molecule has 1 atom stereocenters. The number of hydrogen-bond acceptors (Lipinski definition) is 5. The van der Waals surface area contributed by atoms with Gasteiger partial charge < -0.3 is 14.4 Å². The van der Waals surface area contributed by atoms with Gasteiger partial charge in [-0.15, -0.1) is 0 Å². The number of amides is 1. The minimum atomic E-state index is -3.45. The van der Waals surface area contributed by atoms with Crippen LogP contribution in [0.15, 0.2) is 30.3 Å². The third-order valence-corrected chi connectivity index (χ3v) is 5.53. The van der Waals surface area contributed by atoms with Gasteiger partial charge >= 0.3 is 6.09 Å². The Bertz CT molecular complexity index is 606. The van der Waals surface area contributed by atoms with Crippen LogP contribution in [-0.2, 0) is 26.1 Å². The van der Waals surface area contributed by atoms with Crippen LogP contribution in [-0.4, -0.2) is 58.0 Å². The van der Waals surface area contributed by atoms with Gasteiger partial charge in [-0.05, 0) is 12.0 Å². The summed E-state index contributed by atoms with van der Waals surface area (Å²) < 4.78 is 36.8. The number of carbonyl (C=O) groups excluding carboxylic acids is 1. The predicted octanol–water partition coefficient (Wildman–Crippen LogP) is 0.963. The number of carbonyl (C=O) groups is 1. The molecule has 1 N–H and O–H groups in total. The van der Waals surface area contributed by atoms with Crippen LogP contribution in [0.5, 0.6) is 0 Å².